The Hall–Kier alpha value is -2.29. The van der Waals surface area contributed by atoms with Gasteiger partial charge in [-0.2, -0.15) is 0 Å². The van der Waals surface area contributed by atoms with Crippen LogP contribution >= 0.6 is 34.3 Å². The number of nitrogens with one attached hydrogen (secondary N) is 1. The van der Waals surface area contributed by atoms with Crippen molar-refractivity contribution in [3.05, 3.63) is 54.8 Å². The number of carbonyl (C=O) groups is 1. The molecule has 0 atom stereocenters. The molecule has 1 amide bonds. The lowest BCUT2D eigenvalue weighted by Gasteiger charge is -2.31. The molecule has 1 saturated heterocycles. The zero-order valence-electron chi connectivity index (χ0n) is 17.9. The van der Waals surface area contributed by atoms with E-state index in [2.05, 4.69) is 9.97 Å². The summed E-state index contributed by atoms with van der Waals surface area (Å²) in [6.07, 6.45) is 2.61. The van der Waals surface area contributed by atoms with E-state index >= 15 is 0 Å². The highest BCUT2D eigenvalue weighted by Gasteiger charge is 2.26. The van der Waals surface area contributed by atoms with Crippen LogP contribution in [0.1, 0.15) is 46.5 Å². The Bertz CT molecular complexity index is 1380. The first-order valence-electron chi connectivity index (χ1n) is 10.7. The van der Waals surface area contributed by atoms with Crippen molar-refractivity contribution < 1.29 is 4.79 Å². The third-order valence-corrected chi connectivity index (χ3v) is 8.76. The molecular formula is C23H23ClN4O2S2. The maximum Gasteiger partial charge on any atom is 0.259 e. The van der Waals surface area contributed by atoms with Gasteiger partial charge in [0.25, 0.3) is 5.56 Å². The topological polar surface area (TPSA) is 79.0 Å². The third kappa shape index (κ3) is 4.07. The number of likely N-dealkylation sites (tertiary alicyclic amines) is 1. The number of aromatic nitrogens is 3. The molecule has 0 saturated carbocycles. The van der Waals surface area contributed by atoms with Gasteiger partial charge in [-0.15, -0.1) is 22.7 Å². The second-order valence-corrected chi connectivity index (χ2v) is 11.0. The van der Waals surface area contributed by atoms with Crippen LogP contribution in [0.2, 0.25) is 5.02 Å². The monoisotopic (exact) mass is 486 g/mol. The number of piperidine rings is 1. The first kappa shape index (κ1) is 21.6. The number of amides is 1. The molecule has 1 aromatic carbocycles. The van der Waals surface area contributed by atoms with Gasteiger partial charge < -0.3 is 9.88 Å². The van der Waals surface area contributed by atoms with Crippen molar-refractivity contribution in [2.45, 2.75) is 45.4 Å². The van der Waals surface area contributed by atoms with E-state index in [1.54, 1.807) is 11.3 Å². The maximum absolute atomic E-state index is 12.8. The molecule has 0 spiro atoms. The van der Waals surface area contributed by atoms with Crippen LogP contribution in [-0.2, 0) is 11.2 Å². The standard InChI is InChI=1S/C23H23ClN4O2S2/c1-12-13(2)31-23-20(12)21(30)26-18(27-23)5-6-19(29)28-9-7-14(8-10-28)22-25-16-11-15(24)3-4-17(16)32-22/h3-4,11,14H,5-10H2,1-2H3,(H,26,27,30). The van der Waals surface area contributed by atoms with Crippen LogP contribution in [0.25, 0.3) is 20.4 Å². The second kappa shape index (κ2) is 8.57. The van der Waals surface area contributed by atoms with E-state index in [0.29, 0.717) is 35.0 Å². The number of carbonyl (C=O) groups excluding carboxylic acids is 1. The molecular weight excluding hydrogens is 464 g/mol. The van der Waals surface area contributed by atoms with Crippen molar-refractivity contribution in [3.8, 4) is 0 Å². The molecule has 0 radical (unpaired) electrons. The molecule has 9 heteroatoms. The zero-order valence-corrected chi connectivity index (χ0v) is 20.3. The normalized spacial score (nSPS) is 15.2. The Labute approximate surface area is 198 Å². The summed E-state index contributed by atoms with van der Waals surface area (Å²) in [6, 6.07) is 5.82. The minimum absolute atomic E-state index is 0.112. The molecule has 5 rings (SSSR count). The van der Waals surface area contributed by atoms with E-state index in [1.165, 1.54) is 11.3 Å². The van der Waals surface area contributed by atoms with Gasteiger partial charge in [0.2, 0.25) is 5.91 Å². The largest absolute Gasteiger partial charge is 0.343 e. The number of hydrogen-bond acceptors (Lipinski definition) is 6. The predicted molar refractivity (Wildman–Crippen MR) is 131 cm³/mol. The summed E-state index contributed by atoms with van der Waals surface area (Å²) in [7, 11) is 0. The van der Waals surface area contributed by atoms with Crippen LogP contribution in [0.4, 0.5) is 0 Å². The SMILES string of the molecule is Cc1sc2nc(CCC(=O)N3CCC(c4nc5cc(Cl)ccc5s4)CC3)[nH]c(=O)c2c1C. The van der Waals surface area contributed by atoms with Crippen LogP contribution in [0.15, 0.2) is 23.0 Å². The number of aromatic amines is 1. The van der Waals surface area contributed by atoms with Crippen molar-refractivity contribution in [1.29, 1.82) is 0 Å². The molecule has 6 nitrogen and oxygen atoms in total. The number of benzene rings is 1. The molecule has 166 valence electrons. The van der Waals surface area contributed by atoms with Crippen LogP contribution in [0.5, 0.6) is 0 Å². The summed E-state index contributed by atoms with van der Waals surface area (Å²) in [5.74, 6) is 1.07. The molecule has 4 heterocycles. The van der Waals surface area contributed by atoms with Crippen LogP contribution < -0.4 is 5.56 Å². The molecule has 0 aliphatic carbocycles. The number of H-pyrrole nitrogens is 1. The van der Waals surface area contributed by atoms with Crippen molar-refractivity contribution in [3.63, 3.8) is 0 Å². The predicted octanol–water partition coefficient (Wildman–Crippen LogP) is 5.20. The number of thiophene rings is 1. The highest BCUT2D eigenvalue weighted by Crippen LogP contribution is 2.35. The molecule has 1 fully saturated rings. The fraction of sp³-hybridized carbons (Fsp3) is 0.391. The number of fused-ring (bicyclic) bond motifs is 2. The van der Waals surface area contributed by atoms with Gasteiger partial charge in [-0.25, -0.2) is 9.97 Å². The Morgan fingerprint density at radius 2 is 2.00 bits per heavy atom. The molecule has 0 unspecified atom stereocenters. The van der Waals surface area contributed by atoms with Crippen molar-refractivity contribution in [2.24, 2.45) is 0 Å². The number of thiazole rings is 1. The van der Waals surface area contributed by atoms with Gasteiger partial charge in [-0.3, -0.25) is 9.59 Å². The number of rotatable bonds is 4. The molecule has 1 N–H and O–H groups in total. The van der Waals surface area contributed by atoms with Gasteiger partial charge in [0, 0.05) is 41.7 Å². The molecule has 32 heavy (non-hydrogen) atoms. The Morgan fingerprint density at radius 1 is 1.22 bits per heavy atom. The molecule has 3 aromatic heterocycles. The number of hydrogen-bond donors (Lipinski definition) is 1. The summed E-state index contributed by atoms with van der Waals surface area (Å²) in [5.41, 5.74) is 1.82. The van der Waals surface area contributed by atoms with Gasteiger partial charge >= 0.3 is 0 Å². The van der Waals surface area contributed by atoms with E-state index in [1.807, 2.05) is 36.9 Å². The average molecular weight is 487 g/mol. The highest BCUT2D eigenvalue weighted by molar-refractivity contribution is 7.19. The quantitative estimate of drug-likeness (QED) is 0.429. The molecule has 0 bridgehead atoms. The Kier molecular flexibility index (Phi) is 5.77. The third-order valence-electron chi connectivity index (χ3n) is 6.23. The van der Waals surface area contributed by atoms with Crippen LogP contribution in [0, 0.1) is 13.8 Å². The van der Waals surface area contributed by atoms with Crippen molar-refractivity contribution in [2.75, 3.05) is 13.1 Å². The van der Waals surface area contributed by atoms with Crippen LogP contribution in [0.3, 0.4) is 0 Å². The smallest absolute Gasteiger partial charge is 0.259 e. The maximum atomic E-state index is 12.8. The van der Waals surface area contributed by atoms with Gasteiger partial charge in [0.15, 0.2) is 0 Å². The van der Waals surface area contributed by atoms with E-state index in [4.69, 9.17) is 16.6 Å². The fourth-order valence-corrected chi connectivity index (χ4v) is 6.60. The van der Waals surface area contributed by atoms with Gasteiger partial charge in [0.05, 0.1) is 20.6 Å². The van der Waals surface area contributed by atoms with Crippen molar-refractivity contribution in [1.82, 2.24) is 19.9 Å². The fourth-order valence-electron chi connectivity index (χ4n) is 4.27. The summed E-state index contributed by atoms with van der Waals surface area (Å²) in [5, 5.41) is 2.50. The first-order chi connectivity index (χ1) is 15.4. The van der Waals surface area contributed by atoms with Gasteiger partial charge in [0.1, 0.15) is 10.7 Å². The number of nitrogens with zero attached hydrogens (tertiary/aromatic N) is 3. The lowest BCUT2D eigenvalue weighted by Crippen LogP contribution is -2.38. The Balaban J connectivity index is 1.20. The Morgan fingerprint density at radius 3 is 2.78 bits per heavy atom. The summed E-state index contributed by atoms with van der Waals surface area (Å²) < 4.78 is 1.15. The molecule has 1 aliphatic rings. The first-order valence-corrected chi connectivity index (χ1v) is 12.7. The lowest BCUT2D eigenvalue weighted by atomic mass is 9.97. The van der Waals surface area contributed by atoms with E-state index in [-0.39, 0.29) is 11.5 Å². The van der Waals surface area contributed by atoms with Crippen LogP contribution in [-0.4, -0.2) is 38.8 Å². The van der Waals surface area contributed by atoms with Gasteiger partial charge in [-0.1, -0.05) is 11.6 Å². The number of halogens is 1. The van der Waals surface area contributed by atoms with Gasteiger partial charge in [-0.05, 0) is 50.5 Å². The highest BCUT2D eigenvalue weighted by atomic mass is 35.5. The average Bonchev–Trinajstić information content (AvgIpc) is 3.32. The number of aryl methyl sites for hydroxylation is 3. The lowest BCUT2D eigenvalue weighted by molar-refractivity contribution is -0.132. The second-order valence-electron chi connectivity index (χ2n) is 8.30. The molecule has 4 aromatic rings. The zero-order chi connectivity index (χ0) is 22.4. The summed E-state index contributed by atoms with van der Waals surface area (Å²) in [6.45, 7) is 5.40. The summed E-state index contributed by atoms with van der Waals surface area (Å²) >= 11 is 9.34. The van der Waals surface area contributed by atoms with Crippen molar-refractivity contribution >= 4 is 60.6 Å². The molecule has 1 aliphatic heterocycles. The summed E-state index contributed by atoms with van der Waals surface area (Å²) in [4.78, 5) is 41.2. The van der Waals surface area contributed by atoms with E-state index in [0.717, 1.165) is 56.4 Å². The minimum Gasteiger partial charge on any atom is -0.343 e. The van der Waals surface area contributed by atoms with E-state index in [9.17, 15) is 9.59 Å². The van der Waals surface area contributed by atoms with E-state index < -0.39 is 0 Å². The minimum atomic E-state index is -0.114.